The van der Waals surface area contributed by atoms with Gasteiger partial charge in [-0.15, -0.1) is 11.3 Å². The predicted molar refractivity (Wildman–Crippen MR) is 108 cm³/mol. The summed E-state index contributed by atoms with van der Waals surface area (Å²) in [5, 5.41) is 3.02. The largest absolute Gasteiger partial charge is 0.360 e. The van der Waals surface area contributed by atoms with Gasteiger partial charge in [0.25, 0.3) is 5.56 Å². The second-order valence-corrected chi connectivity index (χ2v) is 8.18. The molecular formula is C19H17N3O2S2. The van der Waals surface area contributed by atoms with Crippen molar-refractivity contribution < 1.29 is 4.79 Å². The van der Waals surface area contributed by atoms with Crippen molar-refractivity contribution in [1.82, 2.24) is 14.5 Å². The minimum Gasteiger partial charge on any atom is -0.360 e. The van der Waals surface area contributed by atoms with Crippen molar-refractivity contribution >= 4 is 50.0 Å². The van der Waals surface area contributed by atoms with E-state index in [-0.39, 0.29) is 16.6 Å². The number of H-pyrrole nitrogens is 1. The molecule has 26 heavy (non-hydrogen) atoms. The first-order chi connectivity index (χ1) is 12.6. The maximum Gasteiger partial charge on any atom is 0.272 e. The Kier molecular flexibility index (Phi) is 4.42. The monoisotopic (exact) mass is 383 g/mol. The van der Waals surface area contributed by atoms with Crippen molar-refractivity contribution in [3.8, 4) is 0 Å². The fraction of sp³-hybridized carbons (Fsp3) is 0.211. The lowest BCUT2D eigenvalue weighted by molar-refractivity contribution is 0.0995. The zero-order chi connectivity index (χ0) is 18.3. The highest BCUT2D eigenvalue weighted by molar-refractivity contribution is 8.00. The number of Topliss-reactive ketones (excluding diaryl/α,β-unsaturated/α-hetero) is 1. The summed E-state index contributed by atoms with van der Waals surface area (Å²) in [5.74, 6) is 0.0229. The van der Waals surface area contributed by atoms with E-state index in [1.165, 1.54) is 23.1 Å². The number of carbonyl (C=O) groups excluding carboxylic acids is 1. The quantitative estimate of drug-likeness (QED) is 0.317. The molecule has 4 rings (SSSR count). The van der Waals surface area contributed by atoms with Crippen LogP contribution in [-0.4, -0.2) is 25.6 Å². The van der Waals surface area contributed by atoms with E-state index in [1.54, 1.807) is 10.8 Å². The van der Waals surface area contributed by atoms with Gasteiger partial charge >= 0.3 is 0 Å². The van der Waals surface area contributed by atoms with Crippen LogP contribution in [0.2, 0.25) is 0 Å². The number of fused-ring (bicyclic) bond motifs is 2. The molecule has 0 fully saturated rings. The van der Waals surface area contributed by atoms with Gasteiger partial charge in [-0.05, 0) is 31.4 Å². The van der Waals surface area contributed by atoms with Gasteiger partial charge in [0.1, 0.15) is 4.70 Å². The molecular weight excluding hydrogens is 366 g/mol. The number of aromatic nitrogens is 3. The smallest absolute Gasteiger partial charge is 0.272 e. The summed E-state index contributed by atoms with van der Waals surface area (Å²) in [6, 6.07) is 9.59. The van der Waals surface area contributed by atoms with Crippen molar-refractivity contribution in [3.05, 3.63) is 57.8 Å². The maximum atomic E-state index is 13.0. The molecule has 0 spiro atoms. The number of nitrogens with zero attached hydrogens (tertiary/aromatic N) is 2. The lowest BCUT2D eigenvalue weighted by Crippen LogP contribution is -2.23. The van der Waals surface area contributed by atoms with Crippen molar-refractivity contribution in [1.29, 1.82) is 0 Å². The SMILES string of the molecule is CCn1c(SC(C)C(=O)c2c[nH]c3ccccc23)nc2ccsc2c1=O. The van der Waals surface area contributed by atoms with Crippen LogP contribution < -0.4 is 5.56 Å². The highest BCUT2D eigenvalue weighted by Gasteiger charge is 2.22. The Bertz CT molecular complexity index is 1170. The molecule has 0 radical (unpaired) electrons. The average Bonchev–Trinajstić information content (AvgIpc) is 3.28. The first kappa shape index (κ1) is 17.1. The Hall–Kier alpha value is -2.38. The molecule has 1 N–H and O–H groups in total. The van der Waals surface area contributed by atoms with Gasteiger partial charge in [-0.3, -0.25) is 14.2 Å². The molecule has 3 aromatic heterocycles. The summed E-state index contributed by atoms with van der Waals surface area (Å²) in [4.78, 5) is 33.3. The van der Waals surface area contributed by atoms with Crippen molar-refractivity contribution in [2.24, 2.45) is 0 Å². The summed E-state index contributed by atoms with van der Waals surface area (Å²) in [6.07, 6.45) is 1.76. The second-order valence-electron chi connectivity index (χ2n) is 5.95. The summed E-state index contributed by atoms with van der Waals surface area (Å²) in [5.41, 5.74) is 2.26. The summed E-state index contributed by atoms with van der Waals surface area (Å²) < 4.78 is 2.30. The van der Waals surface area contributed by atoms with E-state index in [4.69, 9.17) is 0 Å². The summed E-state index contributed by atoms with van der Waals surface area (Å²) in [6.45, 7) is 4.30. The van der Waals surface area contributed by atoms with Crippen LogP contribution in [-0.2, 0) is 6.54 Å². The van der Waals surface area contributed by atoms with Gasteiger partial charge in [0.15, 0.2) is 10.9 Å². The maximum absolute atomic E-state index is 13.0. The number of ketones is 1. The Labute approximate surface area is 158 Å². The van der Waals surface area contributed by atoms with Crippen LogP contribution in [0, 0.1) is 0 Å². The highest BCUT2D eigenvalue weighted by atomic mass is 32.2. The number of aromatic amines is 1. The van der Waals surface area contributed by atoms with Crippen molar-refractivity contribution in [3.63, 3.8) is 0 Å². The number of thioether (sulfide) groups is 1. The van der Waals surface area contributed by atoms with Gasteiger partial charge in [-0.1, -0.05) is 30.0 Å². The molecule has 0 aliphatic rings. The van der Waals surface area contributed by atoms with E-state index in [2.05, 4.69) is 9.97 Å². The predicted octanol–water partition coefficient (Wildman–Crippen LogP) is 4.32. The van der Waals surface area contributed by atoms with Crippen molar-refractivity contribution in [2.75, 3.05) is 0 Å². The third kappa shape index (κ3) is 2.77. The van der Waals surface area contributed by atoms with Crippen LogP contribution in [0.5, 0.6) is 0 Å². The topological polar surface area (TPSA) is 67.8 Å². The van der Waals surface area contributed by atoms with Crippen LogP contribution in [0.15, 0.2) is 51.9 Å². The molecule has 3 heterocycles. The highest BCUT2D eigenvalue weighted by Crippen LogP contribution is 2.28. The molecule has 4 aromatic rings. The molecule has 0 saturated carbocycles. The Morgan fingerprint density at radius 1 is 1.35 bits per heavy atom. The molecule has 7 heteroatoms. The van der Waals surface area contributed by atoms with Gasteiger partial charge in [0.2, 0.25) is 0 Å². The van der Waals surface area contributed by atoms with E-state index in [1.807, 2.05) is 49.6 Å². The molecule has 0 bridgehead atoms. The van der Waals surface area contributed by atoms with Crippen LogP contribution in [0.25, 0.3) is 21.1 Å². The van der Waals surface area contributed by atoms with Crippen molar-refractivity contribution in [2.45, 2.75) is 30.8 Å². The minimum absolute atomic E-state index is 0.0229. The molecule has 0 saturated heterocycles. The van der Waals surface area contributed by atoms with Gasteiger partial charge in [-0.2, -0.15) is 0 Å². The number of para-hydroxylation sites is 1. The number of thiophene rings is 1. The third-order valence-corrected chi connectivity index (χ3v) is 6.33. The number of benzene rings is 1. The van der Waals surface area contributed by atoms with Gasteiger partial charge in [0, 0.05) is 29.2 Å². The molecule has 0 amide bonds. The first-order valence-corrected chi connectivity index (χ1v) is 10.1. The number of hydrogen-bond donors (Lipinski definition) is 1. The normalized spacial score (nSPS) is 12.7. The van der Waals surface area contributed by atoms with Gasteiger partial charge < -0.3 is 4.98 Å². The zero-order valence-electron chi connectivity index (χ0n) is 14.4. The van der Waals surface area contributed by atoms with E-state index in [0.717, 1.165) is 10.9 Å². The number of rotatable bonds is 5. The lowest BCUT2D eigenvalue weighted by atomic mass is 10.1. The Morgan fingerprint density at radius 2 is 2.15 bits per heavy atom. The van der Waals surface area contributed by atoms with Gasteiger partial charge in [0.05, 0.1) is 10.8 Å². The van der Waals surface area contributed by atoms with Crippen LogP contribution in [0.3, 0.4) is 0 Å². The van der Waals surface area contributed by atoms with E-state index < -0.39 is 0 Å². The number of hydrogen-bond acceptors (Lipinski definition) is 5. The molecule has 0 aliphatic carbocycles. The molecule has 5 nitrogen and oxygen atoms in total. The molecule has 1 unspecified atom stereocenters. The van der Waals surface area contributed by atoms with E-state index in [0.29, 0.717) is 27.5 Å². The summed E-state index contributed by atoms with van der Waals surface area (Å²) in [7, 11) is 0. The Morgan fingerprint density at radius 3 is 2.96 bits per heavy atom. The third-order valence-electron chi connectivity index (χ3n) is 4.35. The number of nitrogens with one attached hydrogen (secondary N) is 1. The van der Waals surface area contributed by atoms with E-state index >= 15 is 0 Å². The average molecular weight is 383 g/mol. The minimum atomic E-state index is -0.352. The lowest BCUT2D eigenvalue weighted by Gasteiger charge is -2.13. The zero-order valence-corrected chi connectivity index (χ0v) is 16.0. The molecule has 132 valence electrons. The fourth-order valence-corrected chi connectivity index (χ4v) is 4.82. The Balaban J connectivity index is 1.70. The fourth-order valence-electron chi connectivity index (χ4n) is 3.00. The van der Waals surface area contributed by atoms with Crippen LogP contribution in [0.1, 0.15) is 24.2 Å². The second kappa shape index (κ2) is 6.74. The van der Waals surface area contributed by atoms with Crippen LogP contribution in [0.4, 0.5) is 0 Å². The van der Waals surface area contributed by atoms with Crippen LogP contribution >= 0.6 is 23.1 Å². The molecule has 1 atom stereocenters. The first-order valence-electron chi connectivity index (χ1n) is 8.35. The number of carbonyl (C=O) groups is 1. The standard InChI is InChI=1S/C19H17N3O2S2/c1-3-22-18(24)17-15(8-9-25-17)21-19(22)26-11(2)16(23)13-10-20-14-7-5-4-6-12(13)14/h4-11,20H,3H2,1-2H3. The summed E-state index contributed by atoms with van der Waals surface area (Å²) >= 11 is 2.74. The molecule has 1 aromatic carbocycles. The van der Waals surface area contributed by atoms with E-state index in [9.17, 15) is 9.59 Å². The molecule has 0 aliphatic heterocycles. The van der Waals surface area contributed by atoms with Gasteiger partial charge in [-0.25, -0.2) is 4.98 Å².